The van der Waals surface area contributed by atoms with Gasteiger partial charge >= 0.3 is 0 Å². The van der Waals surface area contributed by atoms with Crippen molar-refractivity contribution in [3.05, 3.63) is 59.8 Å². The van der Waals surface area contributed by atoms with E-state index in [1.807, 2.05) is 41.3 Å². The molecular formula is C23H21N5O2. The van der Waals surface area contributed by atoms with E-state index in [1.54, 1.807) is 4.90 Å². The molecule has 0 unspecified atom stereocenters. The summed E-state index contributed by atoms with van der Waals surface area (Å²) in [4.78, 5) is 33.0. The lowest BCUT2D eigenvalue weighted by molar-refractivity contribution is -0.136. The normalized spacial score (nSPS) is 19.1. The lowest BCUT2D eigenvalue weighted by atomic mass is 10.0. The van der Waals surface area contributed by atoms with E-state index in [9.17, 15) is 9.59 Å². The summed E-state index contributed by atoms with van der Waals surface area (Å²) in [7, 11) is 0. The average Bonchev–Trinajstić information content (AvgIpc) is 3.47. The topological polar surface area (TPSA) is 85.1 Å². The zero-order valence-electron chi connectivity index (χ0n) is 16.4. The molecule has 2 N–H and O–H groups in total. The number of nitrogens with one attached hydrogen (secondary N) is 2. The Hall–Kier alpha value is -3.61. The van der Waals surface area contributed by atoms with E-state index in [1.165, 1.54) is 10.9 Å². The molecule has 2 aromatic carbocycles. The molecular weight excluding hydrogens is 378 g/mol. The number of carbonyl (C=O) groups is 2. The van der Waals surface area contributed by atoms with Gasteiger partial charge in [0.05, 0.1) is 18.0 Å². The van der Waals surface area contributed by atoms with Crippen molar-refractivity contribution in [2.75, 3.05) is 18.0 Å². The van der Waals surface area contributed by atoms with Gasteiger partial charge in [0.25, 0.3) is 0 Å². The van der Waals surface area contributed by atoms with Crippen molar-refractivity contribution in [1.29, 1.82) is 0 Å². The maximum Gasteiger partial charge on any atom is 0.229 e. The molecule has 4 aromatic rings. The smallest absolute Gasteiger partial charge is 0.229 e. The Morgan fingerprint density at radius 2 is 1.80 bits per heavy atom. The molecule has 0 bridgehead atoms. The molecule has 150 valence electrons. The van der Waals surface area contributed by atoms with Crippen LogP contribution in [0.1, 0.15) is 17.7 Å². The van der Waals surface area contributed by atoms with Gasteiger partial charge in [0.15, 0.2) is 5.82 Å². The third-order valence-corrected chi connectivity index (χ3v) is 6.37. The lowest BCUT2D eigenvalue weighted by Gasteiger charge is -2.29. The minimum atomic E-state index is -0.334. The van der Waals surface area contributed by atoms with E-state index in [4.69, 9.17) is 0 Å². The molecule has 6 rings (SSSR count). The second-order valence-corrected chi connectivity index (χ2v) is 8.14. The number of amides is 2. The van der Waals surface area contributed by atoms with Crippen LogP contribution in [-0.4, -0.2) is 45.0 Å². The molecule has 7 heteroatoms. The fraction of sp³-hybridized carbons (Fsp3) is 0.261. The maximum atomic E-state index is 13.3. The number of rotatable bonds is 2. The molecule has 4 heterocycles. The standard InChI is InChI=1S/C23H21N5O2/c29-21-11-14(12-28(21)22-17-6-2-4-8-19(17)25-26-22)23(30)27-10-9-16-15-5-1-3-7-18(15)24-20(16)13-27/h1-8,14,24H,9-13H2,(H,25,26)/t14-/m1/s1. The van der Waals surface area contributed by atoms with Gasteiger partial charge in [-0.3, -0.25) is 19.6 Å². The fourth-order valence-electron chi connectivity index (χ4n) is 4.87. The van der Waals surface area contributed by atoms with Gasteiger partial charge in [-0.1, -0.05) is 30.3 Å². The van der Waals surface area contributed by atoms with Crippen molar-refractivity contribution in [3.63, 3.8) is 0 Å². The van der Waals surface area contributed by atoms with Crippen LogP contribution in [0.4, 0.5) is 5.82 Å². The molecule has 0 radical (unpaired) electrons. The Kier molecular flexibility index (Phi) is 3.71. The van der Waals surface area contributed by atoms with Crippen LogP contribution < -0.4 is 4.90 Å². The van der Waals surface area contributed by atoms with Gasteiger partial charge in [-0.15, -0.1) is 0 Å². The SMILES string of the molecule is O=C([C@@H]1CC(=O)N(c2n[nH]c3ccccc23)C1)N1CCc2c([nH]c3ccccc23)C1. The number of nitrogens with zero attached hydrogens (tertiary/aromatic N) is 3. The Labute approximate surface area is 172 Å². The van der Waals surface area contributed by atoms with E-state index in [0.717, 1.165) is 28.5 Å². The van der Waals surface area contributed by atoms with Crippen molar-refractivity contribution in [2.24, 2.45) is 5.92 Å². The maximum absolute atomic E-state index is 13.3. The Balaban J connectivity index is 1.23. The monoisotopic (exact) mass is 399 g/mol. The molecule has 1 saturated heterocycles. The second-order valence-electron chi connectivity index (χ2n) is 8.14. The molecule has 2 aliphatic heterocycles. The number of anilines is 1. The molecule has 0 aliphatic carbocycles. The van der Waals surface area contributed by atoms with Crippen LogP contribution in [0.3, 0.4) is 0 Å². The highest BCUT2D eigenvalue weighted by molar-refractivity contribution is 6.05. The van der Waals surface area contributed by atoms with Crippen molar-refractivity contribution >= 4 is 39.4 Å². The highest BCUT2D eigenvalue weighted by Crippen LogP contribution is 2.32. The van der Waals surface area contributed by atoms with E-state index < -0.39 is 0 Å². The highest BCUT2D eigenvalue weighted by atomic mass is 16.2. The van der Waals surface area contributed by atoms with E-state index in [2.05, 4.69) is 27.3 Å². The summed E-state index contributed by atoms with van der Waals surface area (Å²) in [5.41, 5.74) is 4.42. The molecule has 1 fully saturated rings. The highest BCUT2D eigenvalue weighted by Gasteiger charge is 2.39. The minimum absolute atomic E-state index is 0.0473. The predicted molar refractivity (Wildman–Crippen MR) is 114 cm³/mol. The first-order valence-corrected chi connectivity index (χ1v) is 10.3. The molecule has 0 saturated carbocycles. The third-order valence-electron chi connectivity index (χ3n) is 6.37. The van der Waals surface area contributed by atoms with Crippen LogP contribution in [0, 0.1) is 5.92 Å². The molecule has 7 nitrogen and oxygen atoms in total. The molecule has 2 amide bonds. The molecule has 30 heavy (non-hydrogen) atoms. The van der Waals surface area contributed by atoms with E-state index >= 15 is 0 Å². The summed E-state index contributed by atoms with van der Waals surface area (Å²) >= 11 is 0. The first-order chi connectivity index (χ1) is 14.7. The molecule has 0 spiro atoms. The number of hydrogen-bond donors (Lipinski definition) is 2. The van der Waals surface area contributed by atoms with Crippen LogP contribution in [0.15, 0.2) is 48.5 Å². The summed E-state index contributed by atoms with van der Waals surface area (Å²) < 4.78 is 0. The number of benzene rings is 2. The zero-order valence-corrected chi connectivity index (χ0v) is 16.4. The quantitative estimate of drug-likeness (QED) is 0.543. The van der Waals surface area contributed by atoms with Gasteiger partial charge in [0.1, 0.15) is 0 Å². The van der Waals surface area contributed by atoms with E-state index in [-0.39, 0.29) is 24.2 Å². The van der Waals surface area contributed by atoms with Crippen molar-refractivity contribution in [3.8, 4) is 0 Å². The lowest BCUT2D eigenvalue weighted by Crippen LogP contribution is -2.40. The predicted octanol–water partition coefficient (Wildman–Crippen LogP) is 2.98. The van der Waals surface area contributed by atoms with Crippen molar-refractivity contribution in [1.82, 2.24) is 20.1 Å². The first-order valence-electron chi connectivity index (χ1n) is 10.3. The number of aromatic nitrogens is 3. The number of fused-ring (bicyclic) bond motifs is 4. The van der Waals surface area contributed by atoms with Crippen molar-refractivity contribution in [2.45, 2.75) is 19.4 Å². The van der Waals surface area contributed by atoms with Gasteiger partial charge in [-0.25, -0.2) is 0 Å². The Bertz CT molecular complexity index is 1300. The Morgan fingerprint density at radius 1 is 1.03 bits per heavy atom. The number of H-pyrrole nitrogens is 2. The summed E-state index contributed by atoms with van der Waals surface area (Å²) in [5, 5.41) is 9.46. The van der Waals surface area contributed by atoms with Crippen LogP contribution >= 0.6 is 0 Å². The van der Waals surface area contributed by atoms with Gasteiger partial charge in [-0.05, 0) is 30.2 Å². The number of para-hydroxylation sites is 2. The third kappa shape index (κ3) is 2.55. The summed E-state index contributed by atoms with van der Waals surface area (Å²) in [6.07, 6.45) is 1.07. The zero-order chi connectivity index (χ0) is 20.2. The molecule has 2 aromatic heterocycles. The first kappa shape index (κ1) is 17.3. The number of aromatic amines is 2. The summed E-state index contributed by atoms with van der Waals surface area (Å²) in [6.45, 7) is 1.63. The van der Waals surface area contributed by atoms with Gasteiger partial charge in [-0.2, -0.15) is 5.10 Å². The van der Waals surface area contributed by atoms with Gasteiger partial charge < -0.3 is 9.88 Å². The summed E-state index contributed by atoms with van der Waals surface area (Å²) in [5.74, 6) is 0.283. The van der Waals surface area contributed by atoms with E-state index in [0.29, 0.717) is 25.5 Å². The average molecular weight is 399 g/mol. The van der Waals surface area contributed by atoms with Crippen LogP contribution in [-0.2, 0) is 22.6 Å². The minimum Gasteiger partial charge on any atom is -0.357 e. The van der Waals surface area contributed by atoms with Gasteiger partial charge in [0.2, 0.25) is 11.8 Å². The largest absolute Gasteiger partial charge is 0.357 e. The second kappa shape index (κ2) is 6.45. The molecule has 1 atom stereocenters. The van der Waals surface area contributed by atoms with Gasteiger partial charge in [0, 0.05) is 41.5 Å². The number of carbonyl (C=O) groups excluding carboxylic acids is 2. The van der Waals surface area contributed by atoms with Crippen LogP contribution in [0.5, 0.6) is 0 Å². The number of hydrogen-bond acceptors (Lipinski definition) is 3. The fourth-order valence-corrected chi connectivity index (χ4v) is 4.87. The molecule has 2 aliphatic rings. The Morgan fingerprint density at radius 3 is 2.67 bits per heavy atom. The van der Waals surface area contributed by atoms with Crippen molar-refractivity contribution < 1.29 is 9.59 Å². The van der Waals surface area contributed by atoms with Crippen LogP contribution in [0.2, 0.25) is 0 Å². The van der Waals surface area contributed by atoms with Crippen LogP contribution in [0.25, 0.3) is 21.8 Å². The summed E-state index contributed by atoms with van der Waals surface area (Å²) in [6, 6.07) is 16.0.